The molecule has 0 bridgehead atoms. The van der Waals surface area contributed by atoms with Crippen LogP contribution < -0.4 is 0 Å². The van der Waals surface area contributed by atoms with Crippen molar-refractivity contribution < 1.29 is 17.9 Å². The molecule has 0 radical (unpaired) electrons. The molecule has 0 aromatic heterocycles. The van der Waals surface area contributed by atoms with Crippen LogP contribution in [-0.4, -0.2) is 44.1 Å². The molecule has 0 aromatic carbocycles. The SMILES string of the molecule is COC(=O)C1(C)CCN1S(C)(=O)=O. The van der Waals surface area contributed by atoms with Crippen LogP contribution in [0.1, 0.15) is 13.3 Å². The van der Waals surface area contributed by atoms with Gasteiger partial charge in [0.15, 0.2) is 0 Å². The van der Waals surface area contributed by atoms with Crippen LogP contribution >= 0.6 is 0 Å². The second-order valence-electron chi connectivity index (χ2n) is 3.35. The fourth-order valence-corrected chi connectivity index (χ4v) is 2.81. The molecule has 0 aliphatic carbocycles. The van der Waals surface area contributed by atoms with Gasteiger partial charge in [0.1, 0.15) is 5.54 Å². The van der Waals surface area contributed by atoms with E-state index < -0.39 is 21.5 Å². The third kappa shape index (κ3) is 1.55. The van der Waals surface area contributed by atoms with E-state index in [2.05, 4.69) is 4.74 Å². The van der Waals surface area contributed by atoms with Gasteiger partial charge in [0.05, 0.1) is 13.4 Å². The first-order chi connectivity index (χ1) is 5.82. The summed E-state index contributed by atoms with van der Waals surface area (Å²) >= 11 is 0. The van der Waals surface area contributed by atoms with E-state index >= 15 is 0 Å². The van der Waals surface area contributed by atoms with Gasteiger partial charge in [-0.15, -0.1) is 0 Å². The summed E-state index contributed by atoms with van der Waals surface area (Å²) in [5.74, 6) is -0.496. The lowest BCUT2D eigenvalue weighted by Crippen LogP contribution is -2.64. The van der Waals surface area contributed by atoms with E-state index in [-0.39, 0.29) is 0 Å². The number of rotatable bonds is 2. The maximum absolute atomic E-state index is 11.2. The molecule has 1 aliphatic heterocycles. The van der Waals surface area contributed by atoms with Crippen molar-refractivity contribution in [3.8, 4) is 0 Å². The average molecular weight is 207 g/mol. The van der Waals surface area contributed by atoms with Crippen LogP contribution in [0.3, 0.4) is 0 Å². The van der Waals surface area contributed by atoms with Gasteiger partial charge in [-0.2, -0.15) is 4.31 Å². The van der Waals surface area contributed by atoms with Gasteiger partial charge in [-0.3, -0.25) is 4.79 Å². The van der Waals surface area contributed by atoms with Gasteiger partial charge in [0.2, 0.25) is 10.0 Å². The Morgan fingerprint density at radius 2 is 2.08 bits per heavy atom. The zero-order valence-corrected chi connectivity index (χ0v) is 8.72. The Bertz CT molecular complexity index is 323. The van der Waals surface area contributed by atoms with E-state index in [1.54, 1.807) is 6.92 Å². The van der Waals surface area contributed by atoms with E-state index in [1.165, 1.54) is 7.11 Å². The van der Waals surface area contributed by atoms with Gasteiger partial charge in [0, 0.05) is 6.54 Å². The molecule has 1 heterocycles. The highest BCUT2D eigenvalue weighted by Crippen LogP contribution is 2.33. The van der Waals surface area contributed by atoms with Crippen molar-refractivity contribution in [2.24, 2.45) is 0 Å². The smallest absolute Gasteiger partial charge is 0.327 e. The quantitative estimate of drug-likeness (QED) is 0.577. The maximum atomic E-state index is 11.2. The topological polar surface area (TPSA) is 63.7 Å². The number of carbonyl (C=O) groups is 1. The first-order valence-electron chi connectivity index (χ1n) is 3.88. The van der Waals surface area contributed by atoms with Crippen LogP contribution in [0.25, 0.3) is 0 Å². The van der Waals surface area contributed by atoms with Crippen molar-refractivity contribution in [3.05, 3.63) is 0 Å². The summed E-state index contributed by atoms with van der Waals surface area (Å²) in [6, 6.07) is 0. The van der Waals surface area contributed by atoms with Crippen LogP contribution in [0.2, 0.25) is 0 Å². The zero-order chi connectivity index (χ0) is 10.3. The Balaban J connectivity index is 2.90. The van der Waals surface area contributed by atoms with Gasteiger partial charge in [-0.1, -0.05) is 0 Å². The molecule has 76 valence electrons. The summed E-state index contributed by atoms with van der Waals surface area (Å²) in [6.45, 7) is 1.97. The van der Waals surface area contributed by atoms with Crippen molar-refractivity contribution >= 4 is 16.0 Å². The molecule has 0 saturated carbocycles. The van der Waals surface area contributed by atoms with Crippen molar-refractivity contribution in [1.29, 1.82) is 0 Å². The minimum absolute atomic E-state index is 0.393. The van der Waals surface area contributed by atoms with Crippen molar-refractivity contribution in [2.45, 2.75) is 18.9 Å². The molecule has 1 fully saturated rings. The second-order valence-corrected chi connectivity index (χ2v) is 5.26. The fraction of sp³-hybridized carbons (Fsp3) is 0.857. The molecule has 0 amide bonds. The molecule has 1 rings (SSSR count). The molecule has 1 unspecified atom stereocenters. The lowest BCUT2D eigenvalue weighted by Gasteiger charge is -2.45. The van der Waals surface area contributed by atoms with Crippen LogP contribution in [0.5, 0.6) is 0 Å². The van der Waals surface area contributed by atoms with Gasteiger partial charge < -0.3 is 4.74 Å². The Morgan fingerprint density at radius 3 is 2.31 bits per heavy atom. The normalized spacial score (nSPS) is 29.5. The summed E-state index contributed by atoms with van der Waals surface area (Å²) in [4.78, 5) is 11.2. The molecule has 0 N–H and O–H groups in total. The van der Waals surface area contributed by atoms with E-state index in [1.807, 2.05) is 0 Å². The summed E-state index contributed by atoms with van der Waals surface area (Å²) in [7, 11) is -2.04. The van der Waals surface area contributed by atoms with E-state index in [0.29, 0.717) is 13.0 Å². The van der Waals surface area contributed by atoms with Crippen LogP contribution in [0, 0.1) is 0 Å². The Labute approximate surface area is 77.7 Å². The second kappa shape index (κ2) is 2.95. The standard InChI is InChI=1S/C7H13NO4S/c1-7(6(9)12-2)4-5-8(7)13(3,10)11/h4-5H2,1-3H3. The Morgan fingerprint density at radius 1 is 1.54 bits per heavy atom. The summed E-state index contributed by atoms with van der Waals surface area (Å²) < 4.78 is 28.0. The third-order valence-electron chi connectivity index (χ3n) is 2.38. The number of esters is 1. The van der Waals surface area contributed by atoms with E-state index in [4.69, 9.17) is 0 Å². The van der Waals surface area contributed by atoms with Gasteiger partial charge >= 0.3 is 5.97 Å². The minimum Gasteiger partial charge on any atom is -0.468 e. The van der Waals surface area contributed by atoms with Crippen molar-refractivity contribution in [1.82, 2.24) is 4.31 Å². The number of nitrogens with zero attached hydrogens (tertiary/aromatic N) is 1. The highest BCUT2D eigenvalue weighted by molar-refractivity contribution is 7.88. The fourth-order valence-electron chi connectivity index (χ4n) is 1.49. The highest BCUT2D eigenvalue weighted by atomic mass is 32.2. The lowest BCUT2D eigenvalue weighted by atomic mass is 9.90. The first-order valence-corrected chi connectivity index (χ1v) is 5.73. The van der Waals surface area contributed by atoms with Gasteiger partial charge in [-0.25, -0.2) is 8.42 Å². The highest BCUT2D eigenvalue weighted by Gasteiger charge is 2.52. The molecular formula is C7H13NO4S. The molecule has 1 saturated heterocycles. The number of carbonyl (C=O) groups excluding carboxylic acids is 1. The predicted molar refractivity (Wildman–Crippen MR) is 46.6 cm³/mol. The van der Waals surface area contributed by atoms with E-state index in [0.717, 1.165) is 10.6 Å². The molecule has 5 nitrogen and oxygen atoms in total. The monoisotopic (exact) mass is 207 g/mol. The van der Waals surface area contributed by atoms with E-state index in [9.17, 15) is 13.2 Å². The number of sulfonamides is 1. The van der Waals surface area contributed by atoms with Crippen LogP contribution in [0.4, 0.5) is 0 Å². The minimum atomic E-state index is -3.30. The first kappa shape index (κ1) is 10.5. The third-order valence-corrected chi connectivity index (χ3v) is 3.76. The molecule has 0 aromatic rings. The van der Waals surface area contributed by atoms with Crippen molar-refractivity contribution in [2.75, 3.05) is 19.9 Å². The zero-order valence-electron chi connectivity index (χ0n) is 7.90. The molecular weight excluding hydrogens is 194 g/mol. The van der Waals surface area contributed by atoms with Crippen LogP contribution in [0.15, 0.2) is 0 Å². The molecule has 1 aliphatic rings. The summed E-state index contributed by atoms with van der Waals surface area (Å²) in [5, 5.41) is 0. The molecule has 6 heteroatoms. The average Bonchev–Trinajstić information content (AvgIpc) is 1.96. The van der Waals surface area contributed by atoms with Crippen LogP contribution in [-0.2, 0) is 19.6 Å². The maximum Gasteiger partial charge on any atom is 0.327 e. The Kier molecular flexibility index (Phi) is 2.38. The molecule has 0 spiro atoms. The van der Waals surface area contributed by atoms with Crippen molar-refractivity contribution in [3.63, 3.8) is 0 Å². The number of ether oxygens (including phenoxy) is 1. The number of hydrogen-bond donors (Lipinski definition) is 0. The van der Waals surface area contributed by atoms with Gasteiger partial charge in [-0.05, 0) is 13.3 Å². The largest absolute Gasteiger partial charge is 0.468 e. The lowest BCUT2D eigenvalue weighted by molar-refractivity contribution is -0.156. The number of methoxy groups -OCH3 is 1. The van der Waals surface area contributed by atoms with Gasteiger partial charge in [0.25, 0.3) is 0 Å². The summed E-state index contributed by atoms with van der Waals surface area (Å²) in [6.07, 6.45) is 1.61. The Hall–Kier alpha value is -0.620. The number of hydrogen-bond acceptors (Lipinski definition) is 4. The molecule has 1 atom stereocenters. The molecule has 13 heavy (non-hydrogen) atoms. The summed E-state index contributed by atoms with van der Waals surface area (Å²) in [5.41, 5.74) is -0.984. The predicted octanol–water partition coefficient (Wildman–Crippen LogP) is -0.417.